The van der Waals surface area contributed by atoms with Gasteiger partial charge < -0.3 is 5.32 Å². The maximum atomic E-state index is 11.6. The number of carbonyl (C=O) groups is 1. The van der Waals surface area contributed by atoms with Crippen LogP contribution in [0.25, 0.3) is 0 Å². The monoisotopic (exact) mass is 248 g/mol. The highest BCUT2D eigenvalue weighted by Crippen LogP contribution is 2.24. The summed E-state index contributed by atoms with van der Waals surface area (Å²) in [5.41, 5.74) is 3.46. The Hall–Kier alpha value is -1.55. The molecule has 0 bridgehead atoms. The van der Waals surface area contributed by atoms with Crippen LogP contribution in [0.15, 0.2) is 30.3 Å². The van der Waals surface area contributed by atoms with Gasteiger partial charge in [-0.15, -0.1) is 0 Å². The Bertz CT molecular complexity index is 381. The Morgan fingerprint density at radius 3 is 2.78 bits per heavy atom. The Kier molecular flexibility index (Phi) is 4.59. The van der Waals surface area contributed by atoms with E-state index in [2.05, 4.69) is 17.7 Å². The molecular weight excluding hydrogens is 228 g/mol. The van der Waals surface area contributed by atoms with Crippen molar-refractivity contribution in [2.45, 2.75) is 38.8 Å². The van der Waals surface area contributed by atoms with Crippen LogP contribution < -0.4 is 10.8 Å². The van der Waals surface area contributed by atoms with Crippen molar-refractivity contribution >= 4 is 6.03 Å². The van der Waals surface area contributed by atoms with E-state index in [4.69, 9.17) is 4.84 Å². The second-order valence-corrected chi connectivity index (χ2v) is 4.86. The van der Waals surface area contributed by atoms with Crippen molar-refractivity contribution in [2.75, 3.05) is 0 Å². The highest BCUT2D eigenvalue weighted by molar-refractivity contribution is 5.73. The van der Waals surface area contributed by atoms with Crippen LogP contribution in [0.2, 0.25) is 0 Å². The van der Waals surface area contributed by atoms with Gasteiger partial charge >= 0.3 is 6.03 Å². The van der Waals surface area contributed by atoms with E-state index in [0.29, 0.717) is 12.5 Å². The number of hydrogen-bond donors (Lipinski definition) is 2. The van der Waals surface area contributed by atoms with Crippen molar-refractivity contribution < 1.29 is 9.63 Å². The first-order valence-electron chi connectivity index (χ1n) is 6.48. The molecule has 0 radical (unpaired) electrons. The summed E-state index contributed by atoms with van der Waals surface area (Å²) in [4.78, 5) is 16.8. The number of nitrogens with one attached hydrogen (secondary N) is 2. The molecule has 0 saturated heterocycles. The van der Waals surface area contributed by atoms with Gasteiger partial charge in [0.1, 0.15) is 0 Å². The minimum Gasteiger partial charge on any atom is -0.333 e. The van der Waals surface area contributed by atoms with E-state index in [0.717, 1.165) is 12.0 Å². The molecule has 4 nitrogen and oxygen atoms in total. The number of amides is 2. The largest absolute Gasteiger partial charge is 0.338 e. The van der Waals surface area contributed by atoms with Gasteiger partial charge in [-0.2, -0.15) is 0 Å². The summed E-state index contributed by atoms with van der Waals surface area (Å²) in [7, 11) is 0. The lowest BCUT2D eigenvalue weighted by Crippen LogP contribution is -2.43. The second-order valence-electron chi connectivity index (χ2n) is 4.86. The van der Waals surface area contributed by atoms with Crippen molar-refractivity contribution in [2.24, 2.45) is 5.92 Å². The maximum Gasteiger partial charge on any atom is 0.338 e. The van der Waals surface area contributed by atoms with Gasteiger partial charge in [0, 0.05) is 6.04 Å². The standard InChI is InChI=1S/C14H20N2O2/c1-11-6-5-9-13(11)15-14(17)16-18-10-12-7-3-2-4-8-12/h2-4,7-8,11,13H,5-6,9-10H2,1H3,(H2,15,16,17). The molecule has 1 saturated carbocycles. The number of urea groups is 1. The predicted molar refractivity (Wildman–Crippen MR) is 69.7 cm³/mol. The van der Waals surface area contributed by atoms with Crippen LogP contribution in [0.1, 0.15) is 31.7 Å². The first kappa shape index (κ1) is 12.9. The van der Waals surface area contributed by atoms with Gasteiger partial charge in [-0.1, -0.05) is 43.7 Å². The van der Waals surface area contributed by atoms with Crippen molar-refractivity contribution in [1.29, 1.82) is 0 Å². The van der Waals surface area contributed by atoms with Crippen LogP contribution in [-0.2, 0) is 11.4 Å². The zero-order chi connectivity index (χ0) is 12.8. The molecule has 2 amide bonds. The minimum atomic E-state index is -0.246. The van der Waals surface area contributed by atoms with Crippen molar-refractivity contribution in [3.8, 4) is 0 Å². The summed E-state index contributed by atoms with van der Waals surface area (Å²) < 4.78 is 0. The van der Waals surface area contributed by atoms with Crippen molar-refractivity contribution in [3.63, 3.8) is 0 Å². The molecule has 18 heavy (non-hydrogen) atoms. The topological polar surface area (TPSA) is 50.4 Å². The minimum absolute atomic E-state index is 0.246. The first-order valence-corrected chi connectivity index (χ1v) is 6.48. The van der Waals surface area contributed by atoms with Crippen LogP contribution >= 0.6 is 0 Å². The molecule has 1 aromatic carbocycles. The summed E-state index contributed by atoms with van der Waals surface area (Å²) in [5.74, 6) is 0.560. The molecule has 1 aromatic rings. The zero-order valence-corrected chi connectivity index (χ0v) is 10.7. The quantitative estimate of drug-likeness (QED) is 0.805. The van der Waals surface area contributed by atoms with E-state index in [1.165, 1.54) is 12.8 Å². The Morgan fingerprint density at radius 1 is 1.33 bits per heavy atom. The van der Waals surface area contributed by atoms with Gasteiger partial charge in [0.25, 0.3) is 0 Å². The summed E-state index contributed by atoms with van der Waals surface area (Å²) in [6, 6.07) is 9.79. The lowest BCUT2D eigenvalue weighted by Gasteiger charge is -2.17. The van der Waals surface area contributed by atoms with E-state index in [9.17, 15) is 4.79 Å². The molecule has 1 fully saturated rings. The number of benzene rings is 1. The molecule has 1 aliphatic rings. The molecule has 1 aliphatic carbocycles. The molecule has 0 spiro atoms. The Labute approximate surface area is 108 Å². The SMILES string of the molecule is CC1CCCC1NC(=O)NOCc1ccccc1. The van der Waals surface area contributed by atoms with Crippen LogP contribution in [0.3, 0.4) is 0 Å². The van der Waals surface area contributed by atoms with Gasteiger partial charge in [0.05, 0.1) is 6.61 Å². The summed E-state index contributed by atoms with van der Waals surface area (Å²) >= 11 is 0. The van der Waals surface area contributed by atoms with Crippen LogP contribution in [0.4, 0.5) is 4.79 Å². The molecule has 98 valence electrons. The fourth-order valence-electron chi connectivity index (χ4n) is 2.32. The molecule has 0 heterocycles. The van der Waals surface area contributed by atoms with Gasteiger partial charge in [-0.25, -0.2) is 10.3 Å². The fraction of sp³-hybridized carbons (Fsp3) is 0.500. The van der Waals surface area contributed by atoms with E-state index in [1.807, 2.05) is 30.3 Å². The lowest BCUT2D eigenvalue weighted by atomic mass is 10.1. The normalized spacial score (nSPS) is 22.7. The zero-order valence-electron chi connectivity index (χ0n) is 10.7. The predicted octanol–water partition coefficient (Wildman–Crippen LogP) is 2.61. The second kappa shape index (κ2) is 6.40. The van der Waals surface area contributed by atoms with Gasteiger partial charge in [0.15, 0.2) is 0 Å². The average Bonchev–Trinajstić information content (AvgIpc) is 2.76. The summed E-state index contributed by atoms with van der Waals surface area (Å²) in [6.07, 6.45) is 3.44. The molecule has 2 atom stereocenters. The van der Waals surface area contributed by atoms with Crippen LogP contribution in [-0.4, -0.2) is 12.1 Å². The Morgan fingerprint density at radius 2 is 2.11 bits per heavy atom. The van der Waals surface area contributed by atoms with Crippen LogP contribution in [0.5, 0.6) is 0 Å². The smallest absolute Gasteiger partial charge is 0.333 e. The van der Waals surface area contributed by atoms with Crippen LogP contribution in [0, 0.1) is 5.92 Å². The Balaban J connectivity index is 1.66. The van der Waals surface area contributed by atoms with Gasteiger partial charge in [-0.3, -0.25) is 4.84 Å². The number of hydroxylamine groups is 1. The molecule has 2 N–H and O–H groups in total. The third-order valence-electron chi connectivity index (χ3n) is 3.42. The molecule has 2 unspecified atom stereocenters. The third kappa shape index (κ3) is 3.74. The highest BCUT2D eigenvalue weighted by Gasteiger charge is 2.24. The fourth-order valence-corrected chi connectivity index (χ4v) is 2.32. The molecule has 4 heteroatoms. The van der Waals surface area contributed by atoms with Crippen molar-refractivity contribution in [3.05, 3.63) is 35.9 Å². The van der Waals surface area contributed by atoms with E-state index in [1.54, 1.807) is 0 Å². The first-order chi connectivity index (χ1) is 8.75. The summed E-state index contributed by atoms with van der Waals surface area (Å²) in [6.45, 7) is 2.55. The molecule has 0 aliphatic heterocycles. The van der Waals surface area contributed by atoms with E-state index in [-0.39, 0.29) is 12.1 Å². The van der Waals surface area contributed by atoms with Gasteiger partial charge in [-0.05, 0) is 24.3 Å². The highest BCUT2D eigenvalue weighted by atomic mass is 16.7. The van der Waals surface area contributed by atoms with Gasteiger partial charge in [0.2, 0.25) is 0 Å². The van der Waals surface area contributed by atoms with E-state index >= 15 is 0 Å². The lowest BCUT2D eigenvalue weighted by molar-refractivity contribution is 0.0477. The number of carbonyl (C=O) groups excluding carboxylic acids is 1. The number of hydrogen-bond acceptors (Lipinski definition) is 2. The molecular formula is C14H20N2O2. The molecule has 0 aromatic heterocycles. The van der Waals surface area contributed by atoms with E-state index < -0.39 is 0 Å². The molecule has 2 rings (SSSR count). The summed E-state index contributed by atoms with van der Waals surface area (Å²) in [5, 5.41) is 2.94. The number of rotatable bonds is 4. The maximum absolute atomic E-state index is 11.6. The average molecular weight is 248 g/mol. The van der Waals surface area contributed by atoms with Crippen molar-refractivity contribution in [1.82, 2.24) is 10.8 Å². The third-order valence-corrected chi connectivity index (χ3v) is 3.42.